The first-order valence-corrected chi connectivity index (χ1v) is 13.7. The van der Waals surface area contributed by atoms with Gasteiger partial charge >= 0.3 is 5.97 Å². The largest absolute Gasteiger partial charge is 0.497 e. The van der Waals surface area contributed by atoms with Crippen LogP contribution in [0.3, 0.4) is 0 Å². The molecule has 0 spiro atoms. The van der Waals surface area contributed by atoms with Crippen molar-refractivity contribution in [3.63, 3.8) is 0 Å². The van der Waals surface area contributed by atoms with Crippen LogP contribution in [0.5, 0.6) is 11.5 Å². The van der Waals surface area contributed by atoms with Gasteiger partial charge in [0.05, 0.1) is 36.6 Å². The van der Waals surface area contributed by atoms with E-state index in [0.717, 1.165) is 28.6 Å². The molecule has 0 radical (unpaired) electrons. The zero-order valence-electron chi connectivity index (χ0n) is 22.7. The number of H-pyrrole nitrogens is 1. The van der Waals surface area contributed by atoms with E-state index in [9.17, 15) is 9.59 Å². The maximum absolute atomic E-state index is 14.1. The molecule has 0 aliphatic carbocycles. The molecule has 2 aromatic carbocycles. The van der Waals surface area contributed by atoms with Gasteiger partial charge in [-0.1, -0.05) is 42.9 Å². The summed E-state index contributed by atoms with van der Waals surface area (Å²) in [7, 11) is 3.14. The lowest BCUT2D eigenvalue weighted by molar-refractivity contribution is -0.139. The molecule has 0 bridgehead atoms. The third-order valence-corrected chi connectivity index (χ3v) is 7.83. The summed E-state index contributed by atoms with van der Waals surface area (Å²) >= 11 is 1.31. The van der Waals surface area contributed by atoms with Crippen LogP contribution in [0.2, 0.25) is 0 Å². The van der Waals surface area contributed by atoms with Gasteiger partial charge in [-0.05, 0) is 50.6 Å². The number of nitrogens with one attached hydrogen (secondary N) is 1. The molecular formula is C30H31N3O5S. The first kappa shape index (κ1) is 26.5. The van der Waals surface area contributed by atoms with E-state index in [1.807, 2.05) is 44.2 Å². The predicted octanol–water partition coefficient (Wildman–Crippen LogP) is 4.39. The van der Waals surface area contributed by atoms with E-state index in [-0.39, 0.29) is 12.2 Å². The van der Waals surface area contributed by atoms with E-state index in [2.05, 4.69) is 4.98 Å². The van der Waals surface area contributed by atoms with Gasteiger partial charge in [0, 0.05) is 27.7 Å². The molecule has 2 aromatic heterocycles. The van der Waals surface area contributed by atoms with E-state index >= 15 is 0 Å². The second-order valence-corrected chi connectivity index (χ2v) is 10.2. The summed E-state index contributed by atoms with van der Waals surface area (Å²) in [5.74, 6) is 0.614. The Labute approximate surface area is 229 Å². The van der Waals surface area contributed by atoms with E-state index in [1.165, 1.54) is 11.3 Å². The highest BCUT2D eigenvalue weighted by atomic mass is 32.1. The summed E-state index contributed by atoms with van der Waals surface area (Å²) < 4.78 is 18.8. The van der Waals surface area contributed by atoms with Crippen molar-refractivity contribution >= 4 is 34.3 Å². The number of esters is 1. The molecule has 202 valence electrons. The number of methoxy groups -OCH3 is 2. The maximum atomic E-state index is 14.1. The van der Waals surface area contributed by atoms with Crippen molar-refractivity contribution in [2.75, 3.05) is 20.8 Å². The number of hydrogen-bond acceptors (Lipinski definition) is 7. The predicted molar refractivity (Wildman–Crippen MR) is 152 cm³/mol. The van der Waals surface area contributed by atoms with Gasteiger partial charge in [-0.25, -0.2) is 9.79 Å². The second kappa shape index (κ2) is 10.9. The highest BCUT2D eigenvalue weighted by molar-refractivity contribution is 7.07. The number of thiazole rings is 1. The van der Waals surface area contributed by atoms with Crippen molar-refractivity contribution in [2.24, 2.45) is 4.99 Å². The Bertz CT molecular complexity index is 1780. The number of para-hydroxylation sites is 1. The number of rotatable bonds is 8. The Hall–Kier alpha value is -4.11. The Kier molecular flexibility index (Phi) is 7.43. The number of carbonyl (C=O) groups excluding carboxylic acids is 1. The molecule has 39 heavy (non-hydrogen) atoms. The average Bonchev–Trinajstić information content (AvgIpc) is 3.43. The van der Waals surface area contributed by atoms with Crippen molar-refractivity contribution in [3.8, 4) is 11.5 Å². The Morgan fingerprint density at radius 3 is 2.67 bits per heavy atom. The fourth-order valence-electron chi connectivity index (χ4n) is 5.08. The van der Waals surface area contributed by atoms with Crippen molar-refractivity contribution < 1.29 is 19.0 Å². The van der Waals surface area contributed by atoms with Crippen molar-refractivity contribution in [1.82, 2.24) is 9.55 Å². The molecule has 0 fully saturated rings. The zero-order chi connectivity index (χ0) is 27.7. The van der Waals surface area contributed by atoms with Gasteiger partial charge in [-0.2, -0.15) is 0 Å². The second-order valence-electron chi connectivity index (χ2n) is 9.23. The van der Waals surface area contributed by atoms with Crippen molar-refractivity contribution in [2.45, 2.75) is 39.7 Å². The molecule has 0 saturated carbocycles. The molecule has 5 rings (SSSR count). The van der Waals surface area contributed by atoms with Crippen LogP contribution in [0.25, 0.3) is 17.0 Å². The maximum Gasteiger partial charge on any atom is 0.338 e. The molecule has 1 N–H and O–H groups in total. The minimum absolute atomic E-state index is 0.202. The SMILES string of the molecule is CCCC1=C(C(=O)OCC)[C@@H](c2cc(OC)ccc2OC)n2c(s/c(=C\c3c(C)[nH]c4ccccc34)c2=O)=N1. The van der Waals surface area contributed by atoms with E-state index in [4.69, 9.17) is 19.2 Å². The summed E-state index contributed by atoms with van der Waals surface area (Å²) in [5, 5.41) is 1.03. The minimum atomic E-state index is -0.793. The Morgan fingerprint density at radius 1 is 1.15 bits per heavy atom. The topological polar surface area (TPSA) is 94.9 Å². The summed E-state index contributed by atoms with van der Waals surface area (Å²) in [6.07, 6.45) is 3.24. The highest BCUT2D eigenvalue weighted by Gasteiger charge is 2.36. The molecule has 0 amide bonds. The van der Waals surface area contributed by atoms with Gasteiger partial charge in [0.25, 0.3) is 5.56 Å². The van der Waals surface area contributed by atoms with Crippen LogP contribution in [-0.4, -0.2) is 36.3 Å². The van der Waals surface area contributed by atoms with E-state index in [1.54, 1.807) is 43.9 Å². The molecule has 0 saturated heterocycles. The molecule has 1 atom stereocenters. The standard InChI is InChI=1S/C30H31N3O5S/c1-6-10-23-26(29(35)38-7-2)27(21-15-18(36-4)13-14-24(21)37-5)33-28(34)25(39-30(33)32-23)16-20-17(3)31-22-12-9-8-11-19(20)22/h8-9,11-16,27,31H,6-7,10H2,1-5H3/b25-16-/t27-/m1/s1. The van der Waals surface area contributed by atoms with Gasteiger partial charge in [0.15, 0.2) is 4.80 Å². The zero-order valence-corrected chi connectivity index (χ0v) is 23.5. The highest BCUT2D eigenvalue weighted by Crippen LogP contribution is 2.38. The fourth-order valence-corrected chi connectivity index (χ4v) is 6.09. The number of fused-ring (bicyclic) bond motifs is 2. The van der Waals surface area contributed by atoms with E-state index in [0.29, 0.717) is 44.1 Å². The monoisotopic (exact) mass is 545 g/mol. The Morgan fingerprint density at radius 2 is 1.95 bits per heavy atom. The van der Waals surface area contributed by atoms with Crippen LogP contribution in [0, 0.1) is 6.92 Å². The minimum Gasteiger partial charge on any atom is -0.497 e. The van der Waals surface area contributed by atoms with Crippen LogP contribution in [0.1, 0.15) is 49.6 Å². The molecule has 9 heteroatoms. The number of aromatic amines is 1. The lowest BCUT2D eigenvalue weighted by Crippen LogP contribution is -2.40. The number of nitrogens with zero attached hydrogens (tertiary/aromatic N) is 2. The lowest BCUT2D eigenvalue weighted by atomic mass is 9.93. The van der Waals surface area contributed by atoms with E-state index < -0.39 is 12.0 Å². The Balaban J connectivity index is 1.83. The molecular weight excluding hydrogens is 514 g/mol. The van der Waals surface area contributed by atoms with Gasteiger partial charge < -0.3 is 19.2 Å². The van der Waals surface area contributed by atoms with Crippen LogP contribution in [-0.2, 0) is 9.53 Å². The first-order valence-electron chi connectivity index (χ1n) is 12.9. The van der Waals surface area contributed by atoms with Gasteiger partial charge in [-0.3, -0.25) is 9.36 Å². The number of aryl methyl sites for hydroxylation is 1. The third kappa shape index (κ3) is 4.67. The summed E-state index contributed by atoms with van der Waals surface area (Å²) in [4.78, 5) is 36.4. The number of aromatic nitrogens is 2. The molecule has 8 nitrogen and oxygen atoms in total. The molecule has 0 unspecified atom stereocenters. The number of hydrogen-bond donors (Lipinski definition) is 1. The van der Waals surface area contributed by atoms with Gasteiger partial charge in [0.2, 0.25) is 0 Å². The fraction of sp³-hybridized carbons (Fsp3) is 0.300. The van der Waals surface area contributed by atoms with Crippen LogP contribution < -0.4 is 24.4 Å². The number of allylic oxidation sites excluding steroid dienone is 1. The van der Waals surface area contributed by atoms with Crippen LogP contribution in [0.4, 0.5) is 0 Å². The third-order valence-electron chi connectivity index (χ3n) is 6.84. The number of benzene rings is 2. The smallest absolute Gasteiger partial charge is 0.338 e. The van der Waals surface area contributed by atoms with Gasteiger partial charge in [0.1, 0.15) is 17.5 Å². The van der Waals surface area contributed by atoms with Crippen LogP contribution in [0.15, 0.2) is 63.5 Å². The number of carbonyl (C=O) groups is 1. The first-order chi connectivity index (χ1) is 18.9. The molecule has 3 heterocycles. The van der Waals surface area contributed by atoms with Gasteiger partial charge in [-0.15, -0.1) is 0 Å². The lowest BCUT2D eigenvalue weighted by Gasteiger charge is -2.27. The van der Waals surface area contributed by atoms with Crippen molar-refractivity contribution in [3.05, 3.63) is 90.2 Å². The van der Waals surface area contributed by atoms with Crippen LogP contribution >= 0.6 is 11.3 Å². The number of ether oxygens (including phenoxy) is 3. The molecule has 1 aliphatic rings. The average molecular weight is 546 g/mol. The normalized spacial score (nSPS) is 15.3. The van der Waals surface area contributed by atoms with Crippen molar-refractivity contribution in [1.29, 1.82) is 0 Å². The molecule has 1 aliphatic heterocycles. The quantitative estimate of drug-likeness (QED) is 0.332. The summed E-state index contributed by atoms with van der Waals surface area (Å²) in [6, 6.07) is 12.6. The molecule has 4 aromatic rings. The summed E-state index contributed by atoms with van der Waals surface area (Å²) in [6.45, 7) is 5.98. The summed E-state index contributed by atoms with van der Waals surface area (Å²) in [5.41, 5.74) is 4.25.